The molecule has 0 unspecified atom stereocenters. The summed E-state index contributed by atoms with van der Waals surface area (Å²) in [4.78, 5) is 2.30. The van der Waals surface area contributed by atoms with Crippen LogP contribution in [0.2, 0.25) is 10.0 Å². The topological polar surface area (TPSA) is 76.3 Å². The van der Waals surface area contributed by atoms with Crippen molar-refractivity contribution in [3.63, 3.8) is 0 Å². The fourth-order valence-corrected chi connectivity index (χ4v) is 4.08. The lowest BCUT2D eigenvalue weighted by Crippen LogP contribution is -2.18. The fourth-order valence-electron chi connectivity index (χ4n) is 3.04. The van der Waals surface area contributed by atoms with Crippen LogP contribution in [0.25, 0.3) is 11.3 Å². The minimum Gasteiger partial charge on any atom is -0.267 e. The van der Waals surface area contributed by atoms with E-state index in [1.165, 1.54) is 30.5 Å². The Morgan fingerprint density at radius 3 is 2.19 bits per heavy atom. The molecule has 0 atom stereocenters. The Morgan fingerprint density at radius 1 is 0.906 bits per heavy atom. The number of nitrogens with one attached hydrogen (secondary N) is 1. The van der Waals surface area contributed by atoms with Crippen molar-refractivity contribution < 1.29 is 8.42 Å². The number of halogens is 2. The van der Waals surface area contributed by atoms with Gasteiger partial charge in [0.15, 0.2) is 0 Å². The highest BCUT2D eigenvalue weighted by Crippen LogP contribution is 2.21. The molecule has 9 heteroatoms. The van der Waals surface area contributed by atoms with Gasteiger partial charge in [0.05, 0.1) is 17.7 Å². The first-order chi connectivity index (χ1) is 15.4. The predicted molar refractivity (Wildman–Crippen MR) is 128 cm³/mol. The lowest BCUT2D eigenvalue weighted by molar-refractivity contribution is 0.584. The van der Waals surface area contributed by atoms with Gasteiger partial charge in [-0.15, -0.1) is 0 Å². The molecule has 0 aliphatic rings. The van der Waals surface area contributed by atoms with Crippen LogP contribution in [-0.2, 0) is 16.6 Å². The van der Waals surface area contributed by atoms with Gasteiger partial charge in [-0.2, -0.15) is 18.6 Å². The number of hydrazone groups is 1. The average Bonchev–Trinajstić information content (AvgIpc) is 3.18. The molecule has 0 bridgehead atoms. The smallest absolute Gasteiger partial charge is 0.267 e. The number of sulfonamides is 1. The molecule has 0 amide bonds. The van der Waals surface area contributed by atoms with Crippen LogP contribution < -0.4 is 4.83 Å². The van der Waals surface area contributed by atoms with Crippen LogP contribution >= 0.6 is 23.2 Å². The van der Waals surface area contributed by atoms with Gasteiger partial charge in [-0.25, -0.2) is 4.83 Å². The Balaban J connectivity index is 1.60. The summed E-state index contributed by atoms with van der Waals surface area (Å²) in [5.74, 6) is 0. The van der Waals surface area contributed by atoms with Gasteiger partial charge in [-0.1, -0.05) is 65.7 Å². The number of hydrogen-bond donors (Lipinski definition) is 1. The first-order valence-corrected chi connectivity index (χ1v) is 11.8. The quantitative estimate of drug-likeness (QED) is 0.288. The van der Waals surface area contributed by atoms with Crippen LogP contribution in [0, 0.1) is 0 Å². The second-order valence-corrected chi connectivity index (χ2v) is 9.46. The van der Waals surface area contributed by atoms with Gasteiger partial charge in [0.2, 0.25) is 0 Å². The maximum absolute atomic E-state index is 12.5. The summed E-state index contributed by atoms with van der Waals surface area (Å²) in [5.41, 5.74) is 3.28. The molecule has 1 N–H and O–H groups in total. The molecule has 6 nitrogen and oxygen atoms in total. The second kappa shape index (κ2) is 9.56. The van der Waals surface area contributed by atoms with E-state index in [0.717, 1.165) is 11.1 Å². The van der Waals surface area contributed by atoms with Gasteiger partial charge in [-0.3, -0.25) is 4.68 Å². The first-order valence-electron chi connectivity index (χ1n) is 9.58. The SMILES string of the molecule is O=S(=O)(N/N=C/c1cn(Cc2ccc(Cl)cc2)nc1-c1ccccc1)c1ccc(Cl)cc1. The lowest BCUT2D eigenvalue weighted by atomic mass is 10.1. The van der Waals surface area contributed by atoms with E-state index in [0.29, 0.717) is 27.8 Å². The van der Waals surface area contributed by atoms with E-state index in [-0.39, 0.29) is 4.90 Å². The van der Waals surface area contributed by atoms with Crippen molar-refractivity contribution >= 4 is 39.4 Å². The Bertz CT molecular complexity index is 1340. The molecule has 0 radical (unpaired) electrons. The Hall–Kier alpha value is -3.13. The van der Waals surface area contributed by atoms with Gasteiger partial charge in [0, 0.05) is 27.4 Å². The first kappa shape index (κ1) is 22.1. The molecule has 3 aromatic carbocycles. The molecular weight excluding hydrogens is 467 g/mol. The van der Waals surface area contributed by atoms with E-state index < -0.39 is 10.0 Å². The Morgan fingerprint density at radius 2 is 1.53 bits per heavy atom. The molecule has 0 saturated heterocycles. The van der Waals surface area contributed by atoms with Gasteiger partial charge in [0.25, 0.3) is 10.0 Å². The zero-order chi connectivity index (χ0) is 22.6. The van der Waals surface area contributed by atoms with Crippen molar-refractivity contribution in [1.29, 1.82) is 0 Å². The summed E-state index contributed by atoms with van der Waals surface area (Å²) < 4.78 is 26.7. The van der Waals surface area contributed by atoms with Gasteiger partial charge < -0.3 is 0 Å². The van der Waals surface area contributed by atoms with Crippen LogP contribution in [0.4, 0.5) is 0 Å². The number of nitrogens with zero attached hydrogens (tertiary/aromatic N) is 3. The molecule has 0 spiro atoms. The standard InChI is InChI=1S/C23H18Cl2N4O2S/c24-20-8-6-17(7-9-20)15-29-16-19(23(27-29)18-4-2-1-3-5-18)14-26-28-32(30,31)22-12-10-21(25)11-13-22/h1-14,16,28H,15H2/b26-14+. The zero-order valence-electron chi connectivity index (χ0n) is 16.7. The number of benzene rings is 3. The number of hydrogen-bond acceptors (Lipinski definition) is 4. The van der Waals surface area contributed by atoms with Crippen molar-refractivity contribution in [2.75, 3.05) is 0 Å². The third kappa shape index (κ3) is 5.37. The third-order valence-corrected chi connectivity index (χ3v) is 6.34. The molecule has 1 heterocycles. The minimum absolute atomic E-state index is 0.0702. The van der Waals surface area contributed by atoms with Crippen LogP contribution in [-0.4, -0.2) is 24.4 Å². The van der Waals surface area contributed by atoms with E-state index in [1.54, 1.807) is 4.68 Å². The summed E-state index contributed by atoms with van der Waals surface area (Å²) in [7, 11) is -3.82. The normalized spacial score (nSPS) is 11.7. The predicted octanol–water partition coefficient (Wildman–Crippen LogP) is 5.22. The van der Waals surface area contributed by atoms with Crippen LogP contribution in [0.15, 0.2) is 95.1 Å². The summed E-state index contributed by atoms with van der Waals surface area (Å²) in [6.07, 6.45) is 3.26. The van der Waals surface area contributed by atoms with E-state index in [9.17, 15) is 8.42 Å². The molecule has 0 fully saturated rings. The van der Waals surface area contributed by atoms with Gasteiger partial charge >= 0.3 is 0 Å². The lowest BCUT2D eigenvalue weighted by Gasteiger charge is -2.03. The van der Waals surface area contributed by atoms with Crippen LogP contribution in [0.1, 0.15) is 11.1 Å². The van der Waals surface area contributed by atoms with E-state index in [4.69, 9.17) is 23.2 Å². The largest absolute Gasteiger partial charge is 0.276 e. The van der Waals surface area contributed by atoms with Crippen LogP contribution in [0.5, 0.6) is 0 Å². The van der Waals surface area contributed by atoms with Gasteiger partial charge in [-0.05, 0) is 42.0 Å². The maximum atomic E-state index is 12.5. The molecule has 0 saturated carbocycles. The second-order valence-electron chi connectivity index (χ2n) is 6.93. The van der Waals surface area contributed by atoms with Crippen molar-refractivity contribution in [2.45, 2.75) is 11.4 Å². The third-order valence-electron chi connectivity index (χ3n) is 4.60. The van der Waals surface area contributed by atoms with Crippen molar-refractivity contribution in [3.8, 4) is 11.3 Å². The fraction of sp³-hybridized carbons (Fsp3) is 0.0435. The highest BCUT2D eigenvalue weighted by molar-refractivity contribution is 7.89. The molecule has 4 aromatic rings. The highest BCUT2D eigenvalue weighted by Gasteiger charge is 2.14. The molecule has 0 aliphatic heterocycles. The Labute approximate surface area is 196 Å². The van der Waals surface area contributed by atoms with Crippen molar-refractivity contribution in [1.82, 2.24) is 14.6 Å². The van der Waals surface area contributed by atoms with Crippen molar-refractivity contribution in [2.24, 2.45) is 5.10 Å². The van der Waals surface area contributed by atoms with E-state index in [1.807, 2.05) is 60.8 Å². The monoisotopic (exact) mass is 484 g/mol. The molecule has 4 rings (SSSR count). The maximum Gasteiger partial charge on any atom is 0.276 e. The number of rotatable bonds is 7. The number of aromatic nitrogens is 2. The highest BCUT2D eigenvalue weighted by atomic mass is 35.5. The van der Waals surface area contributed by atoms with E-state index >= 15 is 0 Å². The molecule has 32 heavy (non-hydrogen) atoms. The molecular formula is C23H18Cl2N4O2S. The Kier molecular flexibility index (Phi) is 6.60. The minimum atomic E-state index is -3.82. The summed E-state index contributed by atoms with van der Waals surface area (Å²) in [6.45, 7) is 0.529. The molecule has 1 aromatic heterocycles. The zero-order valence-corrected chi connectivity index (χ0v) is 19.0. The van der Waals surface area contributed by atoms with Crippen molar-refractivity contribution in [3.05, 3.63) is 106 Å². The molecule has 162 valence electrons. The summed E-state index contributed by atoms with van der Waals surface area (Å²) in [6, 6.07) is 23.0. The molecule has 0 aliphatic carbocycles. The van der Waals surface area contributed by atoms with E-state index in [2.05, 4.69) is 15.0 Å². The summed E-state index contributed by atoms with van der Waals surface area (Å²) in [5, 5.41) is 9.76. The average molecular weight is 485 g/mol. The van der Waals surface area contributed by atoms with Gasteiger partial charge in [0.1, 0.15) is 5.69 Å². The summed E-state index contributed by atoms with van der Waals surface area (Å²) >= 11 is 11.8. The van der Waals surface area contributed by atoms with Crippen LogP contribution in [0.3, 0.4) is 0 Å².